The number of hydrogen-bond acceptors (Lipinski definition) is 0. The predicted octanol–water partition coefficient (Wildman–Crippen LogP) is 3.80. The molecule has 0 heterocycles. The van der Waals surface area contributed by atoms with Gasteiger partial charge in [-0.2, -0.15) is 0 Å². The fourth-order valence-electron chi connectivity index (χ4n) is 1.22. The molecule has 64 valence electrons. The highest BCUT2D eigenvalue weighted by Crippen LogP contribution is 2.36. The third-order valence-corrected chi connectivity index (χ3v) is 2.98. The molecule has 0 aliphatic rings. The van der Waals surface area contributed by atoms with E-state index in [1.165, 1.54) is 12.0 Å². The summed E-state index contributed by atoms with van der Waals surface area (Å²) >= 11 is 0. The van der Waals surface area contributed by atoms with Crippen LogP contribution < -0.4 is 0 Å². The van der Waals surface area contributed by atoms with Gasteiger partial charge in [0, 0.05) is 5.41 Å². The molecular weight excluding hydrogens is 132 g/mol. The summed E-state index contributed by atoms with van der Waals surface area (Å²) in [4.78, 5) is 0. The molecule has 0 radical (unpaired) electrons. The Morgan fingerprint density at radius 3 is 2.18 bits per heavy atom. The van der Waals surface area contributed by atoms with E-state index in [1.807, 2.05) is 6.08 Å². The van der Waals surface area contributed by atoms with Crippen molar-refractivity contribution in [2.75, 3.05) is 0 Å². The van der Waals surface area contributed by atoms with Gasteiger partial charge in [0.25, 0.3) is 0 Å². The highest BCUT2D eigenvalue weighted by Gasteiger charge is 2.26. The third-order valence-electron chi connectivity index (χ3n) is 2.98. The van der Waals surface area contributed by atoms with Crippen molar-refractivity contribution in [1.82, 2.24) is 0 Å². The van der Waals surface area contributed by atoms with Crippen LogP contribution in [-0.2, 0) is 0 Å². The van der Waals surface area contributed by atoms with Crippen molar-refractivity contribution in [1.29, 1.82) is 0 Å². The lowest BCUT2D eigenvalue weighted by atomic mass is 9.72. The summed E-state index contributed by atoms with van der Waals surface area (Å²) < 4.78 is 0. The minimum Gasteiger partial charge on any atom is -0.102 e. The predicted molar refractivity (Wildman–Crippen MR) is 52.6 cm³/mol. The van der Waals surface area contributed by atoms with E-state index in [2.05, 4.69) is 40.9 Å². The Hall–Kier alpha value is -0.520. The van der Waals surface area contributed by atoms with E-state index in [-0.39, 0.29) is 5.41 Å². The smallest absolute Gasteiger partial charge is 0.00799 e. The molecule has 0 spiro atoms. The summed E-state index contributed by atoms with van der Waals surface area (Å²) in [6.45, 7) is 16.6. The van der Waals surface area contributed by atoms with Gasteiger partial charge in [0.2, 0.25) is 0 Å². The molecule has 0 aliphatic heterocycles. The maximum atomic E-state index is 4.00. The normalized spacial score (nSPS) is 18.5. The topological polar surface area (TPSA) is 0 Å². The molecule has 2 atom stereocenters. The maximum absolute atomic E-state index is 4.00. The zero-order valence-corrected chi connectivity index (χ0v) is 8.28. The summed E-state index contributed by atoms with van der Waals surface area (Å²) in [5.74, 6) is 0.637. The Balaban J connectivity index is 4.58. The molecule has 0 nitrogen and oxygen atoms in total. The van der Waals surface area contributed by atoms with Gasteiger partial charge < -0.3 is 0 Å². The van der Waals surface area contributed by atoms with Crippen LogP contribution in [-0.4, -0.2) is 0 Å². The van der Waals surface area contributed by atoms with Crippen molar-refractivity contribution >= 4 is 0 Å². The number of hydrogen-bond donors (Lipinski definition) is 0. The average Bonchev–Trinajstić information content (AvgIpc) is 2.01. The van der Waals surface area contributed by atoms with Crippen LogP contribution in [0.2, 0.25) is 0 Å². The Kier molecular flexibility index (Phi) is 3.57. The largest absolute Gasteiger partial charge is 0.102 e. The summed E-state index contributed by atoms with van der Waals surface area (Å²) in [5.41, 5.74) is 1.33. The Morgan fingerprint density at radius 2 is 2.09 bits per heavy atom. The Morgan fingerprint density at radius 1 is 1.64 bits per heavy atom. The van der Waals surface area contributed by atoms with Gasteiger partial charge in [-0.05, 0) is 12.8 Å². The van der Waals surface area contributed by atoms with Crippen LogP contribution in [0.15, 0.2) is 24.8 Å². The molecule has 0 rings (SSSR count). The zero-order chi connectivity index (χ0) is 9.07. The van der Waals surface area contributed by atoms with Crippen LogP contribution in [0, 0.1) is 11.3 Å². The van der Waals surface area contributed by atoms with E-state index in [9.17, 15) is 0 Å². The number of allylic oxidation sites excluding steroid dienone is 2. The summed E-state index contributed by atoms with van der Waals surface area (Å²) in [6.07, 6.45) is 3.19. The minimum absolute atomic E-state index is 0.120. The second-order valence-corrected chi connectivity index (χ2v) is 3.58. The lowest BCUT2D eigenvalue weighted by molar-refractivity contribution is 0.324. The van der Waals surface area contributed by atoms with Crippen LogP contribution >= 0.6 is 0 Å². The van der Waals surface area contributed by atoms with E-state index in [1.54, 1.807) is 0 Å². The molecule has 0 aromatic heterocycles. The minimum atomic E-state index is 0.120. The van der Waals surface area contributed by atoms with Crippen LogP contribution in [0.3, 0.4) is 0 Å². The monoisotopic (exact) mass is 152 g/mol. The van der Waals surface area contributed by atoms with Crippen LogP contribution in [0.5, 0.6) is 0 Å². The van der Waals surface area contributed by atoms with E-state index >= 15 is 0 Å². The van der Waals surface area contributed by atoms with Gasteiger partial charge in [0.1, 0.15) is 0 Å². The van der Waals surface area contributed by atoms with Gasteiger partial charge >= 0.3 is 0 Å². The summed E-state index contributed by atoms with van der Waals surface area (Å²) in [7, 11) is 0. The first-order chi connectivity index (χ1) is 4.99. The van der Waals surface area contributed by atoms with Crippen LogP contribution in [0.4, 0.5) is 0 Å². The number of rotatable bonds is 4. The molecule has 0 aliphatic carbocycles. The first kappa shape index (κ1) is 10.5. The van der Waals surface area contributed by atoms with Crippen molar-refractivity contribution < 1.29 is 0 Å². The van der Waals surface area contributed by atoms with Crippen LogP contribution in [0.1, 0.15) is 34.1 Å². The van der Waals surface area contributed by atoms with Crippen molar-refractivity contribution in [3.05, 3.63) is 24.8 Å². The molecule has 11 heavy (non-hydrogen) atoms. The second kappa shape index (κ2) is 3.75. The molecule has 0 fully saturated rings. The van der Waals surface area contributed by atoms with Gasteiger partial charge in [0.15, 0.2) is 0 Å². The lowest BCUT2D eigenvalue weighted by Crippen LogP contribution is -2.23. The summed E-state index contributed by atoms with van der Waals surface area (Å²) in [6, 6.07) is 0. The SMILES string of the molecule is C=CC(C)(C(=C)C)C(C)CC. The molecule has 0 saturated heterocycles. The lowest BCUT2D eigenvalue weighted by Gasteiger charge is -2.32. The molecule has 0 saturated carbocycles. The molecule has 0 aromatic rings. The summed E-state index contributed by atoms with van der Waals surface area (Å²) in [5, 5.41) is 0. The highest BCUT2D eigenvalue weighted by molar-refractivity contribution is 5.15. The first-order valence-electron chi connectivity index (χ1n) is 4.28. The molecule has 2 unspecified atom stereocenters. The van der Waals surface area contributed by atoms with Crippen molar-refractivity contribution in [2.24, 2.45) is 11.3 Å². The van der Waals surface area contributed by atoms with Gasteiger partial charge in [-0.1, -0.05) is 45.4 Å². The van der Waals surface area contributed by atoms with Crippen LogP contribution in [0.25, 0.3) is 0 Å². The molecule has 0 aromatic carbocycles. The van der Waals surface area contributed by atoms with E-state index < -0.39 is 0 Å². The fourth-order valence-corrected chi connectivity index (χ4v) is 1.22. The van der Waals surface area contributed by atoms with Crippen molar-refractivity contribution in [3.63, 3.8) is 0 Å². The molecule has 0 amide bonds. The zero-order valence-electron chi connectivity index (χ0n) is 8.28. The van der Waals surface area contributed by atoms with E-state index in [4.69, 9.17) is 0 Å². The fraction of sp³-hybridized carbons (Fsp3) is 0.636. The van der Waals surface area contributed by atoms with E-state index in [0.29, 0.717) is 5.92 Å². The van der Waals surface area contributed by atoms with Gasteiger partial charge in [0.05, 0.1) is 0 Å². The highest BCUT2D eigenvalue weighted by atomic mass is 14.3. The van der Waals surface area contributed by atoms with E-state index in [0.717, 1.165) is 0 Å². The van der Waals surface area contributed by atoms with Gasteiger partial charge in [-0.15, -0.1) is 6.58 Å². The first-order valence-corrected chi connectivity index (χ1v) is 4.28. The Labute approximate surface area is 71.0 Å². The van der Waals surface area contributed by atoms with Crippen molar-refractivity contribution in [3.8, 4) is 0 Å². The van der Waals surface area contributed by atoms with Gasteiger partial charge in [-0.25, -0.2) is 0 Å². The third kappa shape index (κ3) is 1.95. The average molecular weight is 152 g/mol. The standard InChI is InChI=1S/C11H20/c1-7-10(5)11(6,8-2)9(3)4/h8,10H,2-3,7H2,1,4-6H3. The molecule has 0 bridgehead atoms. The second-order valence-electron chi connectivity index (χ2n) is 3.58. The van der Waals surface area contributed by atoms with Crippen molar-refractivity contribution in [2.45, 2.75) is 34.1 Å². The maximum Gasteiger partial charge on any atom is 0.00799 e. The van der Waals surface area contributed by atoms with Gasteiger partial charge in [-0.3, -0.25) is 0 Å². The molecule has 0 heteroatoms. The Bertz CT molecular complexity index is 155. The molecular formula is C11H20. The molecule has 0 N–H and O–H groups in total. The quantitative estimate of drug-likeness (QED) is 0.537.